The first-order valence-electron chi connectivity index (χ1n) is 7.33. The molecule has 26 heavy (non-hydrogen) atoms. The normalized spacial score (nSPS) is 11.7. The molecular weight excluding hydrogens is 442 g/mol. The summed E-state index contributed by atoms with van der Waals surface area (Å²) >= 11 is 10.6. The van der Waals surface area contributed by atoms with Crippen molar-refractivity contribution in [3.05, 3.63) is 79.0 Å². The Hall–Kier alpha value is -2.29. The summed E-state index contributed by atoms with van der Waals surface area (Å²) in [5.74, 6) is -0.720. The maximum atomic E-state index is 12.6. The number of carbonyl (C=O) groups is 1. The zero-order valence-electron chi connectivity index (χ0n) is 13.2. The van der Waals surface area contributed by atoms with Crippen LogP contribution in [0.2, 0.25) is 5.02 Å². The first kappa shape index (κ1) is 18.5. The molecule has 9 heteroatoms. The predicted octanol–water partition coefficient (Wildman–Crippen LogP) is 4.95. The van der Waals surface area contributed by atoms with Crippen LogP contribution in [0.4, 0.5) is 5.69 Å². The number of benzene rings is 2. The second-order valence-corrected chi connectivity index (χ2v) is 7.59. The minimum Gasteiger partial charge on any atom is -0.312 e. The highest BCUT2D eigenvalue weighted by molar-refractivity contribution is 9.10. The van der Waals surface area contributed by atoms with E-state index in [1.807, 2.05) is 22.8 Å². The summed E-state index contributed by atoms with van der Waals surface area (Å²) in [4.78, 5) is 27.7. The van der Waals surface area contributed by atoms with Gasteiger partial charge in [-0.15, -0.1) is 6.58 Å². The monoisotopic (exact) mass is 451 g/mol. The highest BCUT2D eigenvalue weighted by Crippen LogP contribution is 2.25. The van der Waals surface area contributed by atoms with Gasteiger partial charge in [-0.2, -0.15) is 4.99 Å². The fourth-order valence-electron chi connectivity index (χ4n) is 2.42. The topological polar surface area (TPSA) is 77.5 Å². The standard InChI is InChI=1S/C17H11BrClN3O3S/c1-2-7-21-14-5-3-10(18)8-15(14)26-17(21)20-16(23)12-9-11(19)4-6-13(12)22(24)25/h2-6,8-9H,1,7H2. The van der Waals surface area contributed by atoms with E-state index in [4.69, 9.17) is 11.6 Å². The number of thiazole rings is 1. The fourth-order valence-corrected chi connectivity index (χ4v) is 4.19. The molecule has 3 rings (SSSR count). The van der Waals surface area contributed by atoms with Crippen LogP contribution in [0.15, 0.2) is 58.5 Å². The number of hydrogen-bond donors (Lipinski definition) is 0. The largest absolute Gasteiger partial charge is 0.312 e. The lowest BCUT2D eigenvalue weighted by molar-refractivity contribution is -0.385. The SMILES string of the molecule is C=CCn1c(=NC(=O)c2cc(Cl)ccc2[N+](=O)[O-])sc2cc(Br)ccc21. The van der Waals surface area contributed by atoms with E-state index < -0.39 is 10.8 Å². The zero-order chi connectivity index (χ0) is 18.8. The Bertz CT molecular complexity index is 1120. The number of aromatic nitrogens is 1. The van der Waals surface area contributed by atoms with Crippen LogP contribution < -0.4 is 4.80 Å². The Morgan fingerprint density at radius 2 is 2.15 bits per heavy atom. The highest BCUT2D eigenvalue weighted by Gasteiger charge is 2.20. The third kappa shape index (κ3) is 3.62. The van der Waals surface area contributed by atoms with E-state index in [9.17, 15) is 14.9 Å². The van der Waals surface area contributed by atoms with Gasteiger partial charge < -0.3 is 4.57 Å². The molecule has 0 unspecified atom stereocenters. The minimum atomic E-state index is -0.720. The van der Waals surface area contributed by atoms with Crippen molar-refractivity contribution >= 4 is 60.7 Å². The molecule has 0 saturated heterocycles. The Balaban J connectivity index is 2.20. The molecule has 0 aliphatic rings. The van der Waals surface area contributed by atoms with Crippen LogP contribution in [0.25, 0.3) is 10.2 Å². The van der Waals surface area contributed by atoms with Gasteiger partial charge in [0, 0.05) is 22.1 Å². The Labute approximate surface area is 165 Å². The molecule has 0 radical (unpaired) electrons. The van der Waals surface area contributed by atoms with Crippen molar-refractivity contribution in [1.82, 2.24) is 4.57 Å². The summed E-state index contributed by atoms with van der Waals surface area (Å²) < 4.78 is 3.65. The summed E-state index contributed by atoms with van der Waals surface area (Å²) in [7, 11) is 0. The summed E-state index contributed by atoms with van der Waals surface area (Å²) in [6.45, 7) is 4.18. The van der Waals surface area contributed by atoms with Gasteiger partial charge >= 0.3 is 0 Å². The van der Waals surface area contributed by atoms with Crippen LogP contribution in [0, 0.1) is 10.1 Å². The third-order valence-corrected chi connectivity index (χ3v) is 5.31. The van der Waals surface area contributed by atoms with Crippen molar-refractivity contribution in [1.29, 1.82) is 0 Å². The minimum absolute atomic E-state index is 0.147. The third-order valence-electron chi connectivity index (χ3n) is 3.54. The Morgan fingerprint density at radius 3 is 2.85 bits per heavy atom. The molecule has 2 aromatic carbocycles. The maximum absolute atomic E-state index is 12.6. The van der Waals surface area contributed by atoms with Gasteiger partial charge in [0.15, 0.2) is 4.80 Å². The molecule has 3 aromatic rings. The molecule has 0 aliphatic heterocycles. The second kappa shape index (κ2) is 7.53. The van der Waals surface area contributed by atoms with Crippen molar-refractivity contribution in [3.63, 3.8) is 0 Å². The van der Waals surface area contributed by atoms with Gasteiger partial charge in [-0.25, -0.2) is 0 Å². The van der Waals surface area contributed by atoms with E-state index in [2.05, 4.69) is 27.5 Å². The van der Waals surface area contributed by atoms with Crippen LogP contribution in [0.1, 0.15) is 10.4 Å². The average Bonchev–Trinajstić information content (AvgIpc) is 2.91. The molecule has 0 N–H and O–H groups in total. The van der Waals surface area contributed by atoms with Gasteiger partial charge in [-0.1, -0.05) is 44.9 Å². The lowest BCUT2D eigenvalue weighted by Crippen LogP contribution is -2.16. The molecule has 132 valence electrons. The number of allylic oxidation sites excluding steroid dienone is 1. The van der Waals surface area contributed by atoms with Crippen LogP contribution in [0.3, 0.4) is 0 Å². The lowest BCUT2D eigenvalue weighted by atomic mass is 10.2. The smallest absolute Gasteiger partial charge is 0.286 e. The zero-order valence-corrected chi connectivity index (χ0v) is 16.3. The number of fused-ring (bicyclic) bond motifs is 1. The molecule has 1 aromatic heterocycles. The number of carbonyl (C=O) groups excluding carboxylic acids is 1. The number of halogens is 2. The van der Waals surface area contributed by atoms with Gasteiger partial charge in [0.1, 0.15) is 5.56 Å². The quantitative estimate of drug-likeness (QED) is 0.319. The van der Waals surface area contributed by atoms with Gasteiger partial charge in [0.2, 0.25) is 0 Å². The van der Waals surface area contributed by atoms with Gasteiger partial charge in [-0.3, -0.25) is 14.9 Å². The van der Waals surface area contributed by atoms with Crippen molar-refractivity contribution in [2.24, 2.45) is 4.99 Å². The maximum Gasteiger partial charge on any atom is 0.286 e. The van der Waals surface area contributed by atoms with Crippen molar-refractivity contribution in [2.45, 2.75) is 6.54 Å². The Kier molecular flexibility index (Phi) is 5.36. The number of hydrogen-bond acceptors (Lipinski definition) is 4. The molecule has 0 atom stereocenters. The van der Waals surface area contributed by atoms with Crippen molar-refractivity contribution in [2.75, 3.05) is 0 Å². The first-order valence-corrected chi connectivity index (χ1v) is 9.32. The number of rotatable bonds is 4. The van der Waals surface area contributed by atoms with E-state index in [-0.39, 0.29) is 16.3 Å². The first-order chi connectivity index (χ1) is 12.4. The van der Waals surface area contributed by atoms with Crippen molar-refractivity contribution < 1.29 is 9.72 Å². The van der Waals surface area contributed by atoms with Crippen LogP contribution in [-0.2, 0) is 6.54 Å². The summed E-state index contributed by atoms with van der Waals surface area (Å²) in [5, 5.41) is 11.4. The average molecular weight is 453 g/mol. The lowest BCUT2D eigenvalue weighted by Gasteiger charge is -2.02. The Morgan fingerprint density at radius 1 is 1.38 bits per heavy atom. The molecule has 0 bridgehead atoms. The summed E-state index contributed by atoms with van der Waals surface area (Å²) in [6, 6.07) is 9.54. The van der Waals surface area contributed by atoms with E-state index in [0.29, 0.717) is 11.3 Å². The molecule has 6 nitrogen and oxygen atoms in total. The number of nitrogens with zero attached hydrogens (tertiary/aromatic N) is 3. The molecule has 1 heterocycles. The van der Waals surface area contributed by atoms with E-state index >= 15 is 0 Å². The van der Waals surface area contributed by atoms with Gasteiger partial charge in [0.05, 0.1) is 15.1 Å². The molecule has 0 saturated carbocycles. The molecular formula is C17H11BrClN3O3S. The van der Waals surface area contributed by atoms with E-state index in [1.54, 1.807) is 6.08 Å². The van der Waals surface area contributed by atoms with E-state index in [1.165, 1.54) is 29.5 Å². The number of nitro benzene ring substituents is 1. The molecule has 0 spiro atoms. The van der Waals surface area contributed by atoms with Gasteiger partial charge in [0.25, 0.3) is 11.6 Å². The second-order valence-electron chi connectivity index (χ2n) is 5.23. The predicted molar refractivity (Wildman–Crippen MR) is 106 cm³/mol. The highest BCUT2D eigenvalue weighted by atomic mass is 79.9. The van der Waals surface area contributed by atoms with Gasteiger partial charge in [-0.05, 0) is 30.3 Å². The van der Waals surface area contributed by atoms with Crippen LogP contribution >= 0.6 is 38.9 Å². The molecule has 0 aliphatic carbocycles. The number of amides is 1. The van der Waals surface area contributed by atoms with Crippen LogP contribution in [0.5, 0.6) is 0 Å². The fraction of sp³-hybridized carbons (Fsp3) is 0.0588. The van der Waals surface area contributed by atoms with E-state index in [0.717, 1.165) is 14.7 Å². The summed E-state index contributed by atoms with van der Waals surface area (Å²) in [5.41, 5.74) is 0.416. The number of nitro groups is 1. The molecule has 0 fully saturated rings. The van der Waals surface area contributed by atoms with Crippen LogP contribution in [-0.4, -0.2) is 15.4 Å². The molecule has 1 amide bonds. The summed E-state index contributed by atoms with van der Waals surface area (Å²) in [6.07, 6.45) is 1.69. The van der Waals surface area contributed by atoms with Crippen molar-refractivity contribution in [3.8, 4) is 0 Å².